The molecule has 2 saturated carbocycles. The van der Waals surface area contributed by atoms with Crippen molar-refractivity contribution >= 4 is 41.4 Å². The third-order valence-corrected chi connectivity index (χ3v) is 14.7. The highest BCUT2D eigenvalue weighted by molar-refractivity contribution is 7.99. The molecule has 15 heteroatoms. The van der Waals surface area contributed by atoms with Crippen molar-refractivity contribution in [2.45, 2.75) is 153 Å². The number of esters is 3. The van der Waals surface area contributed by atoms with Gasteiger partial charge in [-0.2, -0.15) is 11.8 Å². The number of benzene rings is 1. The molecule has 1 aromatic rings. The van der Waals surface area contributed by atoms with E-state index >= 15 is 0 Å². The fourth-order valence-corrected chi connectivity index (χ4v) is 11.3. The van der Waals surface area contributed by atoms with Crippen molar-refractivity contribution in [1.82, 2.24) is 5.32 Å². The number of thioether (sulfide) groups is 1. The number of rotatable bonds is 2. The van der Waals surface area contributed by atoms with E-state index in [9.17, 15) is 44.4 Å². The number of fused-ring (bicyclic) bond motifs is 6. The average Bonchev–Trinajstić information content (AvgIpc) is 3.17. The third-order valence-electron chi connectivity index (χ3n) is 13.6. The normalized spacial score (nSPS) is 39.3. The SMILES string of the molecule is CC(=O)O[C@@]12CO[C@@H]1C[C@H](O)[C@@]1(C)C(=O)[C@H](O)C3=C(C)[C@@H]4C[C@@](O)([C@@H](OC(=O)CCCCCSCCCCCC(=O)N[C@@H](c5ccccc5)[C@@H](O)C(=O)O4)[C@H]21)C3(C)C. The van der Waals surface area contributed by atoms with Crippen LogP contribution in [-0.4, -0.2) is 116 Å². The molecule has 5 aliphatic rings. The van der Waals surface area contributed by atoms with Crippen LogP contribution in [0.2, 0.25) is 0 Å². The minimum absolute atomic E-state index is 0.00378. The molecule has 6 rings (SSSR count). The molecular formula is C43H59NO13S. The number of carbonyl (C=O) groups is 5. The Balaban J connectivity index is 1.48. The summed E-state index contributed by atoms with van der Waals surface area (Å²) in [4.78, 5) is 69.1. The van der Waals surface area contributed by atoms with E-state index in [1.165, 1.54) is 13.8 Å². The van der Waals surface area contributed by atoms with Gasteiger partial charge >= 0.3 is 17.9 Å². The van der Waals surface area contributed by atoms with Crippen LogP contribution in [0.15, 0.2) is 41.5 Å². The van der Waals surface area contributed by atoms with Gasteiger partial charge in [-0.25, -0.2) is 4.79 Å². The molecule has 1 amide bonds. The fraction of sp³-hybridized carbons (Fsp3) is 0.698. The van der Waals surface area contributed by atoms with E-state index in [1.807, 2.05) is 0 Å². The highest BCUT2D eigenvalue weighted by Gasteiger charge is 2.78. The van der Waals surface area contributed by atoms with Crippen LogP contribution in [0.1, 0.15) is 110 Å². The molecule has 4 fully saturated rings. The molecule has 5 N–H and O–H groups in total. The summed E-state index contributed by atoms with van der Waals surface area (Å²) in [6.45, 7) is 7.12. The number of hydrogen-bond acceptors (Lipinski definition) is 14. The number of ketones is 1. The maximum atomic E-state index is 14.9. The Bertz CT molecular complexity index is 1770. The van der Waals surface area contributed by atoms with Crippen LogP contribution in [0.5, 0.6) is 0 Å². The van der Waals surface area contributed by atoms with Gasteiger partial charge in [0.2, 0.25) is 5.91 Å². The molecular weight excluding hydrogens is 771 g/mol. The smallest absolute Gasteiger partial charge is 0.338 e. The lowest BCUT2D eigenvalue weighted by molar-refractivity contribution is -0.347. The number of nitrogens with one attached hydrogen (secondary N) is 1. The Hall–Kier alpha value is -3.34. The molecule has 3 aliphatic carbocycles. The molecule has 3 bridgehead atoms. The first-order valence-corrected chi connectivity index (χ1v) is 21.7. The van der Waals surface area contributed by atoms with E-state index in [1.54, 1.807) is 62.9 Å². The van der Waals surface area contributed by atoms with Gasteiger partial charge < -0.3 is 44.7 Å². The van der Waals surface area contributed by atoms with Crippen LogP contribution in [-0.2, 0) is 42.9 Å². The van der Waals surface area contributed by atoms with Gasteiger partial charge in [-0.15, -0.1) is 0 Å². The van der Waals surface area contributed by atoms with Gasteiger partial charge in [-0.05, 0) is 67.7 Å². The van der Waals surface area contributed by atoms with Gasteiger partial charge in [0.15, 0.2) is 17.5 Å². The minimum atomic E-state index is -2.26. The lowest BCUT2D eigenvalue weighted by Gasteiger charge is -2.67. The Kier molecular flexibility index (Phi) is 13.2. The number of ether oxygens (including phenoxy) is 4. The van der Waals surface area contributed by atoms with Gasteiger partial charge in [0.05, 0.1) is 30.1 Å². The molecule has 320 valence electrons. The Morgan fingerprint density at radius 3 is 2.19 bits per heavy atom. The monoisotopic (exact) mass is 829 g/mol. The highest BCUT2D eigenvalue weighted by atomic mass is 32.2. The molecule has 0 aromatic heterocycles. The maximum absolute atomic E-state index is 14.9. The second-order valence-electron chi connectivity index (χ2n) is 17.4. The van der Waals surface area contributed by atoms with Crippen molar-refractivity contribution < 1.29 is 63.3 Å². The van der Waals surface area contributed by atoms with E-state index in [0.29, 0.717) is 18.4 Å². The summed E-state index contributed by atoms with van der Waals surface area (Å²) >= 11 is 1.79. The Morgan fingerprint density at radius 2 is 1.57 bits per heavy atom. The molecule has 14 nitrogen and oxygen atoms in total. The first kappa shape index (κ1) is 44.2. The van der Waals surface area contributed by atoms with Crippen LogP contribution in [0.4, 0.5) is 0 Å². The van der Waals surface area contributed by atoms with Crippen molar-refractivity contribution in [1.29, 1.82) is 0 Å². The van der Waals surface area contributed by atoms with Crippen molar-refractivity contribution in [3.63, 3.8) is 0 Å². The first-order valence-electron chi connectivity index (χ1n) is 20.6. The summed E-state index contributed by atoms with van der Waals surface area (Å²) in [7, 11) is 0. The molecule has 0 spiro atoms. The molecule has 0 unspecified atom stereocenters. The topological polar surface area (TPSA) is 215 Å². The van der Waals surface area contributed by atoms with Crippen molar-refractivity contribution in [2.75, 3.05) is 18.1 Å². The van der Waals surface area contributed by atoms with E-state index in [-0.39, 0.29) is 42.9 Å². The number of aliphatic hydroxyl groups excluding tert-OH is 3. The lowest BCUT2D eigenvalue weighted by Crippen LogP contribution is -2.81. The summed E-state index contributed by atoms with van der Waals surface area (Å²) in [6, 6.07) is 7.29. The summed E-state index contributed by atoms with van der Waals surface area (Å²) < 4.78 is 24.3. The van der Waals surface area contributed by atoms with Crippen molar-refractivity contribution in [2.24, 2.45) is 16.7 Å². The zero-order chi connectivity index (χ0) is 42.2. The quantitative estimate of drug-likeness (QED) is 0.164. The van der Waals surface area contributed by atoms with Gasteiger partial charge in [-0.3, -0.25) is 19.2 Å². The summed E-state index contributed by atoms with van der Waals surface area (Å²) in [5.74, 6) is -3.44. The number of amides is 1. The summed E-state index contributed by atoms with van der Waals surface area (Å²) in [5, 5.41) is 51.9. The number of carbonyl (C=O) groups excluding carboxylic acids is 5. The predicted octanol–water partition coefficient (Wildman–Crippen LogP) is 3.40. The maximum Gasteiger partial charge on any atom is 0.338 e. The van der Waals surface area contributed by atoms with E-state index < -0.39 is 101 Å². The molecule has 2 heterocycles. The van der Waals surface area contributed by atoms with Crippen molar-refractivity contribution in [3.8, 4) is 0 Å². The molecule has 2 saturated heterocycles. The van der Waals surface area contributed by atoms with Gasteiger partial charge in [-0.1, -0.05) is 57.0 Å². The standard InChI is InChI=1S/C43H59NO13S/c1-24-27-22-43(53)38(36-41(5,37(51)34(49)32(24)40(43,3)4)28(46)21-29-42(36,23-54-29)57-25(2)45)56-31(48)18-12-8-14-20-58-19-13-7-11-17-30(47)44-33(35(50)39(52)55-27)26-15-9-6-10-16-26/h6,9-10,15-16,27-29,33-36,38,46,49-50,53H,7-8,11-14,17-23H2,1-5H3,(H,44,47)/t27-,28-,29+,33-,34+,35+,36-,38-,41+,42-,43+/m0/s1. The Morgan fingerprint density at radius 1 is 0.914 bits per heavy atom. The zero-order valence-electron chi connectivity index (χ0n) is 34.1. The van der Waals surface area contributed by atoms with Crippen LogP contribution >= 0.6 is 11.8 Å². The van der Waals surface area contributed by atoms with Gasteiger partial charge in [0.25, 0.3) is 0 Å². The number of aliphatic hydroxyl groups is 4. The molecule has 58 heavy (non-hydrogen) atoms. The molecule has 0 radical (unpaired) electrons. The van der Waals surface area contributed by atoms with Crippen LogP contribution in [0.25, 0.3) is 0 Å². The number of Topliss-reactive ketones (excluding diaryl/α,β-unsaturated/α-hetero) is 1. The molecule has 11 atom stereocenters. The summed E-state index contributed by atoms with van der Waals surface area (Å²) in [5.41, 5.74) is -6.77. The van der Waals surface area contributed by atoms with Gasteiger partial charge in [0, 0.05) is 38.0 Å². The first-order chi connectivity index (χ1) is 27.4. The largest absolute Gasteiger partial charge is 0.459 e. The minimum Gasteiger partial charge on any atom is -0.459 e. The molecule has 2 aliphatic heterocycles. The van der Waals surface area contributed by atoms with E-state index in [2.05, 4.69) is 5.32 Å². The van der Waals surface area contributed by atoms with Gasteiger partial charge in [0.1, 0.15) is 30.0 Å². The third kappa shape index (κ3) is 7.87. The van der Waals surface area contributed by atoms with Crippen molar-refractivity contribution in [3.05, 3.63) is 47.0 Å². The van der Waals surface area contributed by atoms with E-state index in [0.717, 1.165) is 37.2 Å². The zero-order valence-corrected chi connectivity index (χ0v) is 34.9. The summed E-state index contributed by atoms with van der Waals surface area (Å²) in [6.07, 6.45) is -5.44. The predicted molar refractivity (Wildman–Crippen MR) is 211 cm³/mol. The lowest BCUT2D eigenvalue weighted by atomic mass is 9.44. The van der Waals surface area contributed by atoms with Crippen LogP contribution in [0.3, 0.4) is 0 Å². The highest BCUT2D eigenvalue weighted by Crippen LogP contribution is 2.64. The van der Waals surface area contributed by atoms with Crippen LogP contribution < -0.4 is 5.32 Å². The Labute approximate surface area is 343 Å². The fourth-order valence-electron chi connectivity index (χ4n) is 10.2. The second kappa shape index (κ2) is 17.3. The second-order valence-corrected chi connectivity index (χ2v) is 18.7. The van der Waals surface area contributed by atoms with Crippen LogP contribution in [0, 0.1) is 16.7 Å². The average molecular weight is 830 g/mol. The van der Waals surface area contributed by atoms with E-state index in [4.69, 9.17) is 18.9 Å². The molecule has 1 aromatic carbocycles. The number of hydrogen-bond donors (Lipinski definition) is 5.